The molecule has 0 saturated heterocycles. The second kappa shape index (κ2) is 7.44. The highest BCUT2D eigenvalue weighted by molar-refractivity contribution is 5.73. The Kier molecular flexibility index (Phi) is 4.93. The summed E-state index contributed by atoms with van der Waals surface area (Å²) in [6, 6.07) is 11.8. The Hall–Kier alpha value is -3.42. The SMILES string of the molecule is Cc1cc(C)n(-c2nc3c(c(=O)n(CCc4ccccc4)c(=O)n3C)n2C(C)C)n1. The highest BCUT2D eigenvalue weighted by atomic mass is 16.2. The van der Waals surface area contributed by atoms with Crippen molar-refractivity contribution in [2.45, 2.75) is 46.7 Å². The number of fused-ring (bicyclic) bond motifs is 1. The molecule has 0 amide bonds. The molecule has 0 aliphatic heterocycles. The van der Waals surface area contributed by atoms with Gasteiger partial charge in [-0.05, 0) is 45.7 Å². The van der Waals surface area contributed by atoms with Gasteiger partial charge >= 0.3 is 5.69 Å². The summed E-state index contributed by atoms with van der Waals surface area (Å²) in [4.78, 5) is 31.1. The van der Waals surface area contributed by atoms with Crippen LogP contribution in [0, 0.1) is 13.8 Å². The molecule has 3 aromatic heterocycles. The van der Waals surface area contributed by atoms with Crippen LogP contribution in [0.2, 0.25) is 0 Å². The van der Waals surface area contributed by atoms with E-state index in [1.54, 1.807) is 11.7 Å². The van der Waals surface area contributed by atoms with E-state index in [0.29, 0.717) is 30.1 Å². The van der Waals surface area contributed by atoms with Gasteiger partial charge in [0.25, 0.3) is 5.56 Å². The average molecular weight is 406 g/mol. The molecule has 4 aromatic rings. The molecule has 0 aliphatic carbocycles. The molecule has 0 radical (unpaired) electrons. The van der Waals surface area contributed by atoms with Gasteiger partial charge in [0.1, 0.15) is 0 Å². The number of rotatable bonds is 5. The third-order valence-electron chi connectivity index (χ3n) is 5.34. The van der Waals surface area contributed by atoms with E-state index < -0.39 is 0 Å². The van der Waals surface area contributed by atoms with Crippen molar-refractivity contribution >= 4 is 11.2 Å². The van der Waals surface area contributed by atoms with E-state index in [-0.39, 0.29) is 17.3 Å². The fourth-order valence-corrected chi connectivity index (χ4v) is 3.88. The van der Waals surface area contributed by atoms with Crippen LogP contribution in [-0.2, 0) is 20.0 Å². The van der Waals surface area contributed by atoms with Gasteiger partial charge in [0.05, 0.1) is 5.69 Å². The van der Waals surface area contributed by atoms with Crippen molar-refractivity contribution in [3.05, 3.63) is 74.2 Å². The summed E-state index contributed by atoms with van der Waals surface area (Å²) in [7, 11) is 1.66. The molecule has 0 aliphatic rings. The molecule has 0 atom stereocenters. The van der Waals surface area contributed by atoms with E-state index in [1.807, 2.05) is 68.7 Å². The molecular weight excluding hydrogens is 380 g/mol. The number of hydrogen-bond donors (Lipinski definition) is 0. The predicted octanol–water partition coefficient (Wildman–Crippen LogP) is 2.52. The van der Waals surface area contributed by atoms with Gasteiger partial charge in [-0.1, -0.05) is 30.3 Å². The van der Waals surface area contributed by atoms with Crippen molar-refractivity contribution in [2.24, 2.45) is 7.05 Å². The second-order valence-electron chi connectivity index (χ2n) is 7.92. The Morgan fingerprint density at radius 1 is 1.07 bits per heavy atom. The van der Waals surface area contributed by atoms with Gasteiger partial charge < -0.3 is 0 Å². The molecule has 1 aromatic carbocycles. The molecule has 0 saturated carbocycles. The molecular formula is C22H26N6O2. The lowest BCUT2D eigenvalue weighted by atomic mass is 10.1. The lowest BCUT2D eigenvalue weighted by Crippen LogP contribution is -2.40. The summed E-state index contributed by atoms with van der Waals surface area (Å²) in [6.07, 6.45) is 0.599. The van der Waals surface area contributed by atoms with E-state index in [2.05, 4.69) is 10.1 Å². The molecule has 0 bridgehead atoms. The Balaban J connectivity index is 1.95. The topological polar surface area (TPSA) is 79.6 Å². The van der Waals surface area contributed by atoms with Crippen molar-refractivity contribution in [1.29, 1.82) is 0 Å². The van der Waals surface area contributed by atoms with E-state index in [9.17, 15) is 9.59 Å². The summed E-state index contributed by atoms with van der Waals surface area (Å²) in [5.74, 6) is 0.540. The summed E-state index contributed by atoms with van der Waals surface area (Å²) in [5.41, 5.74) is 2.96. The minimum absolute atomic E-state index is 0.0401. The number of aromatic nitrogens is 6. The Morgan fingerprint density at radius 3 is 2.37 bits per heavy atom. The number of nitrogens with zero attached hydrogens (tertiary/aromatic N) is 6. The zero-order chi connectivity index (χ0) is 21.6. The highest BCUT2D eigenvalue weighted by Crippen LogP contribution is 2.21. The molecule has 0 N–H and O–H groups in total. The second-order valence-corrected chi connectivity index (χ2v) is 7.92. The Bertz CT molecular complexity index is 1340. The molecule has 30 heavy (non-hydrogen) atoms. The number of hydrogen-bond acceptors (Lipinski definition) is 4. The highest BCUT2D eigenvalue weighted by Gasteiger charge is 2.23. The van der Waals surface area contributed by atoms with Gasteiger partial charge in [-0.15, -0.1) is 0 Å². The summed E-state index contributed by atoms with van der Waals surface area (Å²) in [5, 5.41) is 4.54. The fourth-order valence-electron chi connectivity index (χ4n) is 3.88. The fraction of sp³-hybridized carbons (Fsp3) is 0.364. The smallest absolute Gasteiger partial charge is 0.300 e. The molecule has 0 spiro atoms. The molecule has 8 heteroatoms. The minimum atomic E-state index is -0.364. The maximum absolute atomic E-state index is 13.4. The van der Waals surface area contributed by atoms with Crippen LogP contribution in [0.15, 0.2) is 46.0 Å². The van der Waals surface area contributed by atoms with Gasteiger partial charge in [-0.25, -0.2) is 9.48 Å². The lowest BCUT2D eigenvalue weighted by Gasteiger charge is -2.14. The maximum Gasteiger partial charge on any atom is 0.332 e. The van der Waals surface area contributed by atoms with Gasteiger partial charge in [0.2, 0.25) is 5.95 Å². The number of benzene rings is 1. The first-order chi connectivity index (χ1) is 14.3. The van der Waals surface area contributed by atoms with Crippen LogP contribution in [-0.4, -0.2) is 28.5 Å². The lowest BCUT2D eigenvalue weighted by molar-refractivity contribution is 0.570. The third-order valence-corrected chi connectivity index (χ3v) is 5.34. The standard InChI is InChI=1S/C22H26N6O2/c1-14(2)27-18-19(23-21(27)28-16(4)13-15(3)24-28)25(5)22(30)26(20(18)29)12-11-17-9-7-6-8-10-17/h6-10,13-14H,11-12H2,1-5H3. The van der Waals surface area contributed by atoms with E-state index in [1.165, 1.54) is 9.13 Å². The third kappa shape index (κ3) is 3.18. The molecule has 0 unspecified atom stereocenters. The van der Waals surface area contributed by atoms with Gasteiger partial charge in [-0.2, -0.15) is 10.1 Å². The first-order valence-corrected chi connectivity index (χ1v) is 10.1. The van der Waals surface area contributed by atoms with Crippen LogP contribution in [0.4, 0.5) is 0 Å². The zero-order valence-corrected chi connectivity index (χ0v) is 18.0. The quantitative estimate of drug-likeness (QED) is 0.510. The van der Waals surface area contributed by atoms with Gasteiger partial charge in [0, 0.05) is 25.3 Å². The Labute approximate surface area is 174 Å². The molecule has 8 nitrogen and oxygen atoms in total. The van der Waals surface area contributed by atoms with E-state index >= 15 is 0 Å². The molecule has 0 fully saturated rings. The van der Waals surface area contributed by atoms with Crippen LogP contribution in [0.1, 0.15) is 36.8 Å². The largest absolute Gasteiger partial charge is 0.332 e. The van der Waals surface area contributed by atoms with Crippen molar-refractivity contribution < 1.29 is 0 Å². The van der Waals surface area contributed by atoms with E-state index in [4.69, 9.17) is 0 Å². The van der Waals surface area contributed by atoms with Crippen LogP contribution in [0.3, 0.4) is 0 Å². The molecule has 156 valence electrons. The van der Waals surface area contributed by atoms with Crippen LogP contribution in [0.5, 0.6) is 0 Å². The summed E-state index contributed by atoms with van der Waals surface area (Å²) in [6.45, 7) is 8.16. The average Bonchev–Trinajstić information content (AvgIpc) is 3.27. The monoisotopic (exact) mass is 406 g/mol. The minimum Gasteiger partial charge on any atom is -0.300 e. The van der Waals surface area contributed by atoms with Crippen molar-refractivity contribution in [2.75, 3.05) is 0 Å². The zero-order valence-electron chi connectivity index (χ0n) is 18.0. The molecule has 4 rings (SSSR count). The summed E-state index contributed by atoms with van der Waals surface area (Å²) < 4.78 is 6.36. The predicted molar refractivity (Wildman–Crippen MR) is 116 cm³/mol. The van der Waals surface area contributed by atoms with Gasteiger partial charge in [0.15, 0.2) is 11.2 Å². The van der Waals surface area contributed by atoms with Gasteiger partial charge in [-0.3, -0.25) is 18.5 Å². The Morgan fingerprint density at radius 2 is 1.77 bits per heavy atom. The first kappa shape index (κ1) is 19.9. The molecule has 3 heterocycles. The van der Waals surface area contributed by atoms with Crippen LogP contribution >= 0.6 is 0 Å². The van der Waals surface area contributed by atoms with Crippen LogP contribution in [0.25, 0.3) is 17.1 Å². The number of imidazole rings is 1. The normalized spacial score (nSPS) is 11.7. The number of aryl methyl sites for hydroxylation is 4. The maximum atomic E-state index is 13.4. The first-order valence-electron chi connectivity index (χ1n) is 10.1. The van der Waals surface area contributed by atoms with Crippen LogP contribution < -0.4 is 11.2 Å². The van der Waals surface area contributed by atoms with Crippen molar-refractivity contribution in [3.8, 4) is 5.95 Å². The van der Waals surface area contributed by atoms with Crippen molar-refractivity contribution in [3.63, 3.8) is 0 Å². The van der Waals surface area contributed by atoms with E-state index in [0.717, 1.165) is 17.0 Å². The van der Waals surface area contributed by atoms with Crippen molar-refractivity contribution in [1.82, 2.24) is 28.5 Å². The summed E-state index contributed by atoms with van der Waals surface area (Å²) >= 11 is 0.